The molecule has 0 aliphatic heterocycles. The Kier molecular flexibility index (Phi) is 7.40. The van der Waals surface area contributed by atoms with E-state index >= 15 is 0 Å². The minimum Gasteiger partial charge on any atom is -0.491 e. The van der Waals surface area contributed by atoms with Crippen molar-refractivity contribution in [2.75, 3.05) is 37.9 Å². The first-order valence-electron chi connectivity index (χ1n) is 8.11. The van der Waals surface area contributed by atoms with Crippen molar-refractivity contribution in [2.45, 2.75) is 6.92 Å². The van der Waals surface area contributed by atoms with E-state index in [1.165, 1.54) is 6.92 Å². The van der Waals surface area contributed by atoms with Gasteiger partial charge in [-0.3, -0.25) is 4.79 Å². The van der Waals surface area contributed by atoms with Crippen molar-refractivity contribution in [3.63, 3.8) is 0 Å². The average Bonchev–Trinajstić information content (AvgIpc) is 2.57. The lowest BCUT2D eigenvalue weighted by atomic mass is 10.1. The molecule has 26 heavy (non-hydrogen) atoms. The highest BCUT2D eigenvalue weighted by Gasteiger charge is 2.08. The summed E-state index contributed by atoms with van der Waals surface area (Å²) in [6.07, 6.45) is 0. The Morgan fingerprint density at radius 2 is 1.77 bits per heavy atom. The predicted octanol–water partition coefficient (Wildman–Crippen LogP) is 4.08. The number of urea groups is 1. The summed E-state index contributed by atoms with van der Waals surface area (Å²) in [4.78, 5) is 25.7. The van der Waals surface area contributed by atoms with Crippen LogP contribution in [0, 0.1) is 3.57 Å². The molecule has 2 amide bonds. The molecule has 0 saturated carbocycles. The monoisotopic (exact) mass is 467 g/mol. The van der Waals surface area contributed by atoms with Gasteiger partial charge >= 0.3 is 6.03 Å². The summed E-state index contributed by atoms with van der Waals surface area (Å²) in [5.41, 5.74) is 1.74. The van der Waals surface area contributed by atoms with Crippen LogP contribution in [0.4, 0.5) is 16.2 Å². The van der Waals surface area contributed by atoms with Gasteiger partial charge in [0.15, 0.2) is 5.78 Å². The van der Waals surface area contributed by atoms with Gasteiger partial charge in [-0.25, -0.2) is 4.79 Å². The number of rotatable bonds is 7. The van der Waals surface area contributed by atoms with E-state index in [9.17, 15) is 9.59 Å². The highest BCUT2D eigenvalue weighted by molar-refractivity contribution is 14.1. The van der Waals surface area contributed by atoms with Crippen LogP contribution in [-0.2, 0) is 0 Å². The van der Waals surface area contributed by atoms with Gasteiger partial charge in [-0.05, 0) is 67.9 Å². The summed E-state index contributed by atoms with van der Waals surface area (Å²) in [5, 5.41) is 5.50. The Balaban J connectivity index is 2.00. The van der Waals surface area contributed by atoms with Gasteiger partial charge in [0.05, 0.1) is 3.57 Å². The number of carbonyl (C=O) groups excluding carboxylic acids is 2. The number of benzene rings is 2. The second-order valence-corrected chi connectivity index (χ2v) is 7.18. The van der Waals surface area contributed by atoms with Crippen LogP contribution in [-0.4, -0.2) is 44.0 Å². The van der Waals surface area contributed by atoms with Gasteiger partial charge in [0.25, 0.3) is 0 Å². The van der Waals surface area contributed by atoms with E-state index in [-0.39, 0.29) is 11.8 Å². The molecule has 2 aromatic carbocycles. The lowest BCUT2D eigenvalue weighted by Crippen LogP contribution is -2.20. The van der Waals surface area contributed by atoms with E-state index in [1.54, 1.807) is 30.3 Å². The first-order chi connectivity index (χ1) is 12.3. The maximum absolute atomic E-state index is 12.2. The lowest BCUT2D eigenvalue weighted by molar-refractivity contribution is 0.101. The van der Waals surface area contributed by atoms with Crippen molar-refractivity contribution < 1.29 is 14.3 Å². The summed E-state index contributed by atoms with van der Waals surface area (Å²) >= 11 is 2.20. The molecular weight excluding hydrogens is 445 g/mol. The SMILES string of the molecule is CC(=O)c1cccc(NC(=O)Nc2ccc(I)c(OCCN(C)C)c2)c1. The van der Waals surface area contributed by atoms with Crippen LogP contribution in [0.3, 0.4) is 0 Å². The number of halogens is 1. The van der Waals surface area contributed by atoms with E-state index in [0.717, 1.165) is 15.9 Å². The molecule has 0 heterocycles. The molecule has 0 atom stereocenters. The third-order valence-electron chi connectivity index (χ3n) is 3.51. The molecule has 2 N–H and O–H groups in total. The third-order valence-corrected chi connectivity index (χ3v) is 4.40. The maximum Gasteiger partial charge on any atom is 0.323 e. The molecule has 0 fully saturated rings. The quantitative estimate of drug-likeness (QED) is 0.476. The molecule has 0 aliphatic rings. The fourth-order valence-corrected chi connectivity index (χ4v) is 2.63. The van der Waals surface area contributed by atoms with Crippen molar-refractivity contribution in [1.82, 2.24) is 4.90 Å². The number of hydrogen-bond acceptors (Lipinski definition) is 4. The zero-order chi connectivity index (χ0) is 19.1. The number of Topliss-reactive ketones (excluding diaryl/α,β-unsaturated/α-hetero) is 1. The summed E-state index contributed by atoms with van der Waals surface area (Å²) in [7, 11) is 3.97. The second-order valence-electron chi connectivity index (χ2n) is 6.01. The van der Waals surface area contributed by atoms with Crippen molar-refractivity contribution in [3.8, 4) is 5.75 Å². The van der Waals surface area contributed by atoms with Gasteiger partial charge < -0.3 is 20.3 Å². The van der Waals surface area contributed by atoms with Gasteiger partial charge in [0, 0.05) is 29.5 Å². The van der Waals surface area contributed by atoms with E-state index in [0.29, 0.717) is 23.5 Å². The number of amides is 2. The average molecular weight is 467 g/mol. The van der Waals surface area contributed by atoms with Crippen LogP contribution in [0.2, 0.25) is 0 Å². The molecule has 0 aromatic heterocycles. The molecule has 6 nitrogen and oxygen atoms in total. The number of hydrogen-bond donors (Lipinski definition) is 2. The van der Waals surface area contributed by atoms with Crippen LogP contribution in [0.15, 0.2) is 42.5 Å². The molecular formula is C19H22IN3O3. The Morgan fingerprint density at radius 3 is 2.42 bits per heavy atom. The number of likely N-dealkylation sites (N-methyl/N-ethyl adjacent to an activating group) is 1. The molecule has 0 unspecified atom stereocenters. The molecule has 2 rings (SSSR count). The number of nitrogens with zero attached hydrogens (tertiary/aromatic N) is 1. The van der Waals surface area contributed by atoms with Crippen molar-refractivity contribution in [1.29, 1.82) is 0 Å². The first-order valence-corrected chi connectivity index (χ1v) is 9.19. The van der Waals surface area contributed by atoms with Crippen LogP contribution >= 0.6 is 22.6 Å². The summed E-state index contributed by atoms with van der Waals surface area (Å²) in [5.74, 6) is 0.676. The topological polar surface area (TPSA) is 70.7 Å². The minimum absolute atomic E-state index is 0.0498. The predicted molar refractivity (Wildman–Crippen MR) is 112 cm³/mol. The number of anilines is 2. The summed E-state index contributed by atoms with van der Waals surface area (Å²) < 4.78 is 6.75. The van der Waals surface area contributed by atoms with Gasteiger partial charge in [0.2, 0.25) is 0 Å². The molecule has 2 aromatic rings. The smallest absolute Gasteiger partial charge is 0.323 e. The van der Waals surface area contributed by atoms with Gasteiger partial charge in [-0.2, -0.15) is 0 Å². The highest BCUT2D eigenvalue weighted by Crippen LogP contribution is 2.25. The zero-order valence-electron chi connectivity index (χ0n) is 15.0. The van der Waals surface area contributed by atoms with E-state index in [2.05, 4.69) is 33.2 Å². The van der Waals surface area contributed by atoms with Crippen LogP contribution in [0.1, 0.15) is 17.3 Å². The molecule has 7 heteroatoms. The molecule has 138 valence electrons. The van der Waals surface area contributed by atoms with E-state index in [1.807, 2.05) is 31.1 Å². The Hall–Kier alpha value is -2.13. The van der Waals surface area contributed by atoms with Gasteiger partial charge in [-0.15, -0.1) is 0 Å². The van der Waals surface area contributed by atoms with Gasteiger partial charge in [0.1, 0.15) is 12.4 Å². The van der Waals surface area contributed by atoms with Crippen molar-refractivity contribution >= 4 is 45.8 Å². The summed E-state index contributed by atoms with van der Waals surface area (Å²) in [6, 6.07) is 11.9. The number of carbonyl (C=O) groups is 2. The Morgan fingerprint density at radius 1 is 1.08 bits per heavy atom. The zero-order valence-corrected chi connectivity index (χ0v) is 17.2. The van der Waals surface area contributed by atoms with Gasteiger partial charge in [-0.1, -0.05) is 12.1 Å². The molecule has 0 saturated heterocycles. The molecule has 0 aliphatic carbocycles. The first kappa shape index (κ1) is 20.2. The fourth-order valence-electron chi connectivity index (χ4n) is 2.14. The lowest BCUT2D eigenvalue weighted by Gasteiger charge is -2.14. The Labute approximate surface area is 167 Å². The largest absolute Gasteiger partial charge is 0.491 e. The van der Waals surface area contributed by atoms with E-state index < -0.39 is 0 Å². The number of nitrogens with one attached hydrogen (secondary N) is 2. The number of ketones is 1. The molecule has 0 radical (unpaired) electrons. The highest BCUT2D eigenvalue weighted by atomic mass is 127. The Bertz CT molecular complexity index is 793. The van der Waals surface area contributed by atoms with Crippen molar-refractivity contribution in [3.05, 3.63) is 51.6 Å². The maximum atomic E-state index is 12.2. The fraction of sp³-hybridized carbons (Fsp3) is 0.263. The molecule has 0 bridgehead atoms. The standard InChI is InChI=1S/C19H22IN3O3/c1-13(24)14-5-4-6-15(11-14)21-19(25)22-16-7-8-17(20)18(12-16)26-10-9-23(2)3/h4-8,11-12H,9-10H2,1-3H3,(H2,21,22,25). The van der Waals surface area contributed by atoms with Crippen molar-refractivity contribution in [2.24, 2.45) is 0 Å². The van der Waals surface area contributed by atoms with E-state index in [4.69, 9.17) is 4.74 Å². The third kappa shape index (κ3) is 6.30. The van der Waals surface area contributed by atoms with Crippen LogP contribution in [0.25, 0.3) is 0 Å². The number of ether oxygens (including phenoxy) is 1. The summed E-state index contributed by atoms with van der Waals surface area (Å²) in [6.45, 7) is 2.86. The molecule has 0 spiro atoms. The second kappa shape index (κ2) is 9.54. The minimum atomic E-state index is -0.383. The van der Waals surface area contributed by atoms with Crippen LogP contribution < -0.4 is 15.4 Å². The normalized spacial score (nSPS) is 10.5. The van der Waals surface area contributed by atoms with Crippen LogP contribution in [0.5, 0.6) is 5.75 Å².